The van der Waals surface area contributed by atoms with Gasteiger partial charge in [0.1, 0.15) is 5.82 Å². The summed E-state index contributed by atoms with van der Waals surface area (Å²) < 4.78 is 18.4. The lowest BCUT2D eigenvalue weighted by Gasteiger charge is -1.99. The Balaban J connectivity index is 2.06. The van der Waals surface area contributed by atoms with Gasteiger partial charge in [-0.25, -0.2) is 4.39 Å². The summed E-state index contributed by atoms with van der Waals surface area (Å²) in [5.74, 6) is 0.747. The first kappa shape index (κ1) is 13.7. The third-order valence-corrected chi connectivity index (χ3v) is 3.00. The van der Waals surface area contributed by atoms with E-state index in [0.717, 1.165) is 31.2 Å². The van der Waals surface area contributed by atoms with Gasteiger partial charge in [-0.05, 0) is 44.0 Å². The normalized spacial score (nSPS) is 10.9. The number of unbranched alkanes of at least 4 members (excludes halogenated alkanes) is 2. The van der Waals surface area contributed by atoms with Crippen LogP contribution in [0.15, 0.2) is 22.7 Å². The van der Waals surface area contributed by atoms with Crippen molar-refractivity contribution in [1.29, 1.82) is 0 Å². The zero-order valence-electron chi connectivity index (χ0n) is 11.0. The molecular formula is C14H18FN3O. The topological polar surface area (TPSA) is 64.9 Å². The van der Waals surface area contributed by atoms with E-state index in [-0.39, 0.29) is 5.82 Å². The first-order valence-electron chi connectivity index (χ1n) is 6.50. The molecule has 1 aromatic heterocycles. The van der Waals surface area contributed by atoms with Gasteiger partial charge in [-0.3, -0.25) is 0 Å². The first-order valence-corrected chi connectivity index (χ1v) is 6.50. The average Bonchev–Trinajstić information content (AvgIpc) is 2.86. The van der Waals surface area contributed by atoms with Crippen LogP contribution in [0.3, 0.4) is 0 Å². The van der Waals surface area contributed by atoms with Crippen LogP contribution in [0.1, 0.15) is 30.7 Å². The second kappa shape index (κ2) is 6.43. The first-order chi connectivity index (χ1) is 9.20. The molecule has 1 aromatic carbocycles. The number of aryl methyl sites for hydroxylation is 2. The minimum Gasteiger partial charge on any atom is -0.339 e. The summed E-state index contributed by atoms with van der Waals surface area (Å²) in [4.78, 5) is 4.30. The van der Waals surface area contributed by atoms with Gasteiger partial charge in [-0.1, -0.05) is 17.6 Å². The van der Waals surface area contributed by atoms with Crippen LogP contribution in [0.4, 0.5) is 4.39 Å². The molecule has 2 rings (SSSR count). The molecule has 0 aliphatic carbocycles. The van der Waals surface area contributed by atoms with E-state index >= 15 is 0 Å². The molecule has 0 bridgehead atoms. The maximum Gasteiger partial charge on any atom is 0.226 e. The van der Waals surface area contributed by atoms with Crippen LogP contribution in [0, 0.1) is 12.7 Å². The van der Waals surface area contributed by atoms with Gasteiger partial charge in [0, 0.05) is 12.0 Å². The van der Waals surface area contributed by atoms with Crippen LogP contribution in [-0.4, -0.2) is 16.7 Å². The number of hydrogen-bond acceptors (Lipinski definition) is 4. The van der Waals surface area contributed by atoms with E-state index in [1.807, 2.05) is 6.92 Å². The number of hydrogen-bond donors (Lipinski definition) is 1. The average molecular weight is 263 g/mol. The lowest BCUT2D eigenvalue weighted by Crippen LogP contribution is -1.98. The van der Waals surface area contributed by atoms with E-state index in [0.29, 0.717) is 23.8 Å². The molecule has 0 fully saturated rings. The standard InChI is InChI=1S/C14H18FN3O/c1-10-6-7-11(15)9-12(10)14-17-13(19-18-14)5-3-2-4-8-16/h6-7,9H,2-5,8,16H2,1H3. The van der Waals surface area contributed by atoms with Crippen molar-refractivity contribution in [3.63, 3.8) is 0 Å². The summed E-state index contributed by atoms with van der Waals surface area (Å²) in [5.41, 5.74) is 7.04. The number of rotatable bonds is 6. The predicted octanol–water partition coefficient (Wildman–Crippen LogP) is 2.86. The van der Waals surface area contributed by atoms with Gasteiger partial charge in [0.15, 0.2) is 0 Å². The summed E-state index contributed by atoms with van der Waals surface area (Å²) in [7, 11) is 0. The quantitative estimate of drug-likeness (QED) is 0.814. The van der Waals surface area contributed by atoms with E-state index < -0.39 is 0 Å². The number of benzene rings is 1. The zero-order chi connectivity index (χ0) is 13.7. The highest BCUT2D eigenvalue weighted by atomic mass is 19.1. The molecular weight excluding hydrogens is 245 g/mol. The Kier molecular flexibility index (Phi) is 4.63. The highest BCUT2D eigenvalue weighted by molar-refractivity contribution is 5.59. The Morgan fingerprint density at radius 1 is 1.26 bits per heavy atom. The largest absolute Gasteiger partial charge is 0.339 e. The van der Waals surface area contributed by atoms with Gasteiger partial charge in [-0.15, -0.1) is 0 Å². The van der Waals surface area contributed by atoms with Crippen molar-refractivity contribution in [2.24, 2.45) is 5.73 Å². The summed E-state index contributed by atoms with van der Waals surface area (Å²) in [6.07, 6.45) is 3.76. The van der Waals surface area contributed by atoms with Crippen molar-refractivity contribution in [2.45, 2.75) is 32.6 Å². The Morgan fingerprint density at radius 2 is 2.11 bits per heavy atom. The van der Waals surface area contributed by atoms with Crippen LogP contribution in [0.5, 0.6) is 0 Å². The summed E-state index contributed by atoms with van der Waals surface area (Å²) in [5, 5.41) is 3.91. The van der Waals surface area contributed by atoms with Crippen LogP contribution in [-0.2, 0) is 6.42 Å². The van der Waals surface area contributed by atoms with Crippen molar-refractivity contribution in [3.8, 4) is 11.4 Å². The maximum absolute atomic E-state index is 13.2. The molecule has 102 valence electrons. The summed E-state index contributed by atoms with van der Waals surface area (Å²) >= 11 is 0. The molecule has 0 spiro atoms. The van der Waals surface area contributed by atoms with Gasteiger partial charge in [0.2, 0.25) is 11.7 Å². The van der Waals surface area contributed by atoms with Crippen molar-refractivity contribution < 1.29 is 8.91 Å². The maximum atomic E-state index is 13.2. The van der Waals surface area contributed by atoms with E-state index in [2.05, 4.69) is 10.1 Å². The minimum absolute atomic E-state index is 0.296. The lowest BCUT2D eigenvalue weighted by molar-refractivity contribution is 0.374. The monoisotopic (exact) mass is 263 g/mol. The van der Waals surface area contributed by atoms with Gasteiger partial charge in [0.25, 0.3) is 0 Å². The molecule has 2 aromatic rings. The SMILES string of the molecule is Cc1ccc(F)cc1-c1noc(CCCCCN)n1. The van der Waals surface area contributed by atoms with Gasteiger partial charge < -0.3 is 10.3 Å². The molecule has 0 aliphatic heterocycles. The van der Waals surface area contributed by atoms with Crippen LogP contribution >= 0.6 is 0 Å². The number of nitrogens with zero attached hydrogens (tertiary/aromatic N) is 2. The summed E-state index contributed by atoms with van der Waals surface area (Å²) in [6.45, 7) is 2.60. The van der Waals surface area contributed by atoms with Gasteiger partial charge in [-0.2, -0.15) is 4.98 Å². The molecule has 0 amide bonds. The zero-order valence-corrected chi connectivity index (χ0v) is 11.0. The molecule has 0 radical (unpaired) electrons. The molecule has 0 aliphatic rings. The molecule has 2 N–H and O–H groups in total. The third-order valence-electron chi connectivity index (χ3n) is 3.00. The fraction of sp³-hybridized carbons (Fsp3) is 0.429. The fourth-order valence-electron chi connectivity index (χ4n) is 1.90. The number of halogens is 1. The van der Waals surface area contributed by atoms with Gasteiger partial charge in [0.05, 0.1) is 0 Å². The molecule has 5 heteroatoms. The summed E-state index contributed by atoms with van der Waals surface area (Å²) in [6, 6.07) is 4.56. The highest BCUT2D eigenvalue weighted by Crippen LogP contribution is 2.21. The van der Waals surface area contributed by atoms with E-state index in [4.69, 9.17) is 10.3 Å². The molecule has 19 heavy (non-hydrogen) atoms. The van der Waals surface area contributed by atoms with Crippen molar-refractivity contribution in [3.05, 3.63) is 35.5 Å². The third kappa shape index (κ3) is 3.61. The number of nitrogens with two attached hydrogens (primary N) is 1. The molecule has 0 unspecified atom stereocenters. The van der Waals surface area contributed by atoms with Crippen LogP contribution in [0.2, 0.25) is 0 Å². The fourth-order valence-corrected chi connectivity index (χ4v) is 1.90. The van der Waals surface area contributed by atoms with Crippen molar-refractivity contribution in [1.82, 2.24) is 10.1 Å². The van der Waals surface area contributed by atoms with Crippen LogP contribution in [0.25, 0.3) is 11.4 Å². The van der Waals surface area contributed by atoms with Crippen molar-refractivity contribution in [2.75, 3.05) is 6.54 Å². The van der Waals surface area contributed by atoms with E-state index in [9.17, 15) is 4.39 Å². The highest BCUT2D eigenvalue weighted by Gasteiger charge is 2.11. The molecule has 4 nitrogen and oxygen atoms in total. The Hall–Kier alpha value is -1.75. The predicted molar refractivity (Wildman–Crippen MR) is 71.0 cm³/mol. The minimum atomic E-state index is -0.296. The second-order valence-corrected chi connectivity index (χ2v) is 4.57. The number of aromatic nitrogens is 2. The molecule has 0 saturated heterocycles. The van der Waals surface area contributed by atoms with E-state index in [1.54, 1.807) is 6.07 Å². The van der Waals surface area contributed by atoms with Gasteiger partial charge >= 0.3 is 0 Å². The Labute approximate surface area is 111 Å². The van der Waals surface area contributed by atoms with Crippen molar-refractivity contribution >= 4 is 0 Å². The molecule has 0 saturated carbocycles. The van der Waals surface area contributed by atoms with E-state index in [1.165, 1.54) is 12.1 Å². The second-order valence-electron chi connectivity index (χ2n) is 4.57. The lowest BCUT2D eigenvalue weighted by atomic mass is 10.1. The molecule has 0 atom stereocenters. The Morgan fingerprint density at radius 3 is 2.89 bits per heavy atom. The van der Waals surface area contributed by atoms with Crippen LogP contribution < -0.4 is 5.73 Å². The smallest absolute Gasteiger partial charge is 0.226 e. The molecule has 1 heterocycles. The Bertz CT molecular complexity index is 539.